The molecule has 1 aromatic carbocycles. The Morgan fingerprint density at radius 2 is 2.00 bits per heavy atom. The van der Waals surface area contributed by atoms with E-state index in [1.54, 1.807) is 12.1 Å². The van der Waals surface area contributed by atoms with Crippen molar-refractivity contribution in [2.45, 2.75) is 26.7 Å². The molecule has 0 aromatic heterocycles. The first-order valence-electron chi connectivity index (χ1n) is 7.04. The largest absolute Gasteiger partial charge is 0.487 e. The van der Waals surface area contributed by atoms with Crippen LogP contribution in [0.5, 0.6) is 5.75 Å². The lowest BCUT2D eigenvalue weighted by molar-refractivity contribution is -0.385. The molecule has 1 aromatic rings. The maximum atomic E-state index is 10.9. The van der Waals surface area contributed by atoms with Gasteiger partial charge in [-0.1, -0.05) is 13.8 Å². The van der Waals surface area contributed by atoms with Crippen LogP contribution in [0.1, 0.15) is 26.7 Å². The van der Waals surface area contributed by atoms with E-state index in [0.717, 1.165) is 38.2 Å². The van der Waals surface area contributed by atoms with Crippen molar-refractivity contribution in [3.63, 3.8) is 0 Å². The molecule has 0 saturated heterocycles. The van der Waals surface area contributed by atoms with E-state index in [-0.39, 0.29) is 5.69 Å². The maximum Gasteiger partial charge on any atom is 0.311 e. The Morgan fingerprint density at radius 1 is 1.20 bits per heavy atom. The summed E-state index contributed by atoms with van der Waals surface area (Å²) in [6, 6.07) is 4.87. The van der Waals surface area contributed by atoms with Gasteiger partial charge in [-0.2, -0.15) is 0 Å². The average molecular weight is 281 g/mol. The SMILES string of the molecule is CCCNCCNc1ccc([N+](=O)[O-])c(OCCC)c1. The van der Waals surface area contributed by atoms with Gasteiger partial charge in [0.1, 0.15) is 0 Å². The molecular weight excluding hydrogens is 258 g/mol. The molecule has 112 valence electrons. The third-order valence-corrected chi connectivity index (χ3v) is 2.68. The molecule has 0 amide bonds. The van der Waals surface area contributed by atoms with E-state index in [4.69, 9.17) is 4.74 Å². The second-order valence-corrected chi connectivity index (χ2v) is 4.46. The summed E-state index contributed by atoms with van der Waals surface area (Å²) in [5, 5.41) is 17.4. The average Bonchev–Trinajstić information content (AvgIpc) is 2.44. The van der Waals surface area contributed by atoms with Gasteiger partial charge >= 0.3 is 5.69 Å². The van der Waals surface area contributed by atoms with E-state index in [2.05, 4.69) is 17.6 Å². The smallest absolute Gasteiger partial charge is 0.311 e. The fraction of sp³-hybridized carbons (Fsp3) is 0.571. The first kappa shape index (κ1) is 16.2. The highest BCUT2D eigenvalue weighted by Crippen LogP contribution is 2.30. The van der Waals surface area contributed by atoms with Gasteiger partial charge in [-0.05, 0) is 25.5 Å². The van der Waals surface area contributed by atoms with Gasteiger partial charge in [0.25, 0.3) is 0 Å². The zero-order valence-electron chi connectivity index (χ0n) is 12.1. The van der Waals surface area contributed by atoms with E-state index < -0.39 is 4.92 Å². The molecule has 0 aliphatic rings. The summed E-state index contributed by atoms with van der Waals surface area (Å²) in [7, 11) is 0. The zero-order valence-corrected chi connectivity index (χ0v) is 12.1. The quantitative estimate of drug-likeness (QED) is 0.392. The number of nitrogens with one attached hydrogen (secondary N) is 2. The van der Waals surface area contributed by atoms with Gasteiger partial charge in [0, 0.05) is 30.9 Å². The maximum absolute atomic E-state index is 10.9. The van der Waals surface area contributed by atoms with Crippen molar-refractivity contribution >= 4 is 11.4 Å². The van der Waals surface area contributed by atoms with Crippen LogP contribution >= 0.6 is 0 Å². The predicted octanol–water partition coefficient (Wildman–Crippen LogP) is 2.80. The minimum Gasteiger partial charge on any atom is -0.487 e. The Kier molecular flexibility index (Phi) is 7.42. The van der Waals surface area contributed by atoms with Gasteiger partial charge in [-0.25, -0.2) is 0 Å². The molecule has 0 atom stereocenters. The van der Waals surface area contributed by atoms with Crippen LogP contribution in [0, 0.1) is 10.1 Å². The van der Waals surface area contributed by atoms with Crippen molar-refractivity contribution in [3.8, 4) is 5.75 Å². The number of hydrogen-bond donors (Lipinski definition) is 2. The van der Waals surface area contributed by atoms with E-state index in [1.807, 2.05) is 6.92 Å². The van der Waals surface area contributed by atoms with Crippen LogP contribution in [-0.4, -0.2) is 31.2 Å². The topological polar surface area (TPSA) is 76.4 Å². The second-order valence-electron chi connectivity index (χ2n) is 4.46. The summed E-state index contributed by atoms with van der Waals surface area (Å²) < 4.78 is 5.44. The Balaban J connectivity index is 2.61. The molecule has 6 heteroatoms. The number of benzene rings is 1. The molecule has 0 aliphatic carbocycles. The molecule has 0 unspecified atom stereocenters. The van der Waals surface area contributed by atoms with Crippen molar-refractivity contribution < 1.29 is 9.66 Å². The monoisotopic (exact) mass is 281 g/mol. The normalized spacial score (nSPS) is 10.3. The molecular formula is C14H23N3O3. The van der Waals surface area contributed by atoms with Crippen molar-refractivity contribution in [1.29, 1.82) is 0 Å². The van der Waals surface area contributed by atoms with Crippen molar-refractivity contribution in [2.24, 2.45) is 0 Å². The molecule has 20 heavy (non-hydrogen) atoms. The van der Waals surface area contributed by atoms with Crippen molar-refractivity contribution in [2.75, 3.05) is 31.6 Å². The van der Waals surface area contributed by atoms with E-state index >= 15 is 0 Å². The van der Waals surface area contributed by atoms with Crippen LogP contribution in [0.25, 0.3) is 0 Å². The summed E-state index contributed by atoms with van der Waals surface area (Å²) >= 11 is 0. The van der Waals surface area contributed by atoms with Crippen LogP contribution in [0.15, 0.2) is 18.2 Å². The zero-order chi connectivity index (χ0) is 14.8. The molecule has 0 fully saturated rings. The van der Waals surface area contributed by atoms with Crippen LogP contribution in [0.4, 0.5) is 11.4 Å². The van der Waals surface area contributed by atoms with E-state index in [1.165, 1.54) is 6.07 Å². The predicted molar refractivity (Wildman–Crippen MR) is 80.5 cm³/mol. The lowest BCUT2D eigenvalue weighted by atomic mass is 10.2. The number of nitro groups is 1. The van der Waals surface area contributed by atoms with Gasteiger partial charge in [-0.15, -0.1) is 0 Å². The van der Waals surface area contributed by atoms with Crippen molar-refractivity contribution in [1.82, 2.24) is 5.32 Å². The van der Waals surface area contributed by atoms with Gasteiger partial charge in [-0.3, -0.25) is 10.1 Å². The molecule has 2 N–H and O–H groups in total. The minimum absolute atomic E-state index is 0.00751. The standard InChI is InChI=1S/C14H23N3O3/c1-3-7-15-8-9-16-12-5-6-13(17(18)19)14(11-12)20-10-4-2/h5-6,11,15-16H,3-4,7-10H2,1-2H3. The molecule has 0 spiro atoms. The summed E-state index contributed by atoms with van der Waals surface area (Å²) in [5.74, 6) is 0.323. The molecule has 0 radical (unpaired) electrons. The van der Waals surface area contributed by atoms with Gasteiger partial charge in [0.2, 0.25) is 0 Å². The van der Waals surface area contributed by atoms with Gasteiger partial charge in [0.15, 0.2) is 5.75 Å². The summed E-state index contributed by atoms with van der Waals surface area (Å²) in [4.78, 5) is 10.5. The summed E-state index contributed by atoms with van der Waals surface area (Å²) in [5.41, 5.74) is 0.841. The Labute approximate surface area is 119 Å². The molecule has 0 bridgehead atoms. The Hall–Kier alpha value is -1.82. The van der Waals surface area contributed by atoms with Crippen LogP contribution in [0.2, 0.25) is 0 Å². The van der Waals surface area contributed by atoms with Crippen LogP contribution in [-0.2, 0) is 0 Å². The van der Waals surface area contributed by atoms with Crippen LogP contribution in [0.3, 0.4) is 0 Å². The summed E-state index contributed by atoms with van der Waals surface area (Å²) in [6.45, 7) is 7.18. The Bertz CT molecular complexity index is 424. The number of anilines is 1. The van der Waals surface area contributed by atoms with E-state index in [0.29, 0.717) is 12.4 Å². The number of nitro benzene ring substituents is 1. The Morgan fingerprint density at radius 3 is 2.65 bits per heavy atom. The van der Waals surface area contributed by atoms with Gasteiger partial charge in [0.05, 0.1) is 11.5 Å². The van der Waals surface area contributed by atoms with Crippen LogP contribution < -0.4 is 15.4 Å². The fourth-order valence-corrected chi connectivity index (χ4v) is 1.70. The molecule has 6 nitrogen and oxygen atoms in total. The lowest BCUT2D eigenvalue weighted by Gasteiger charge is -2.10. The molecule has 1 rings (SSSR count). The first-order chi connectivity index (χ1) is 9.69. The number of hydrogen-bond acceptors (Lipinski definition) is 5. The second kappa shape index (κ2) is 9.14. The lowest BCUT2D eigenvalue weighted by Crippen LogP contribution is -2.22. The molecule has 0 saturated carbocycles. The number of ether oxygens (including phenoxy) is 1. The minimum atomic E-state index is -0.419. The molecule has 0 heterocycles. The van der Waals surface area contributed by atoms with Crippen molar-refractivity contribution in [3.05, 3.63) is 28.3 Å². The highest BCUT2D eigenvalue weighted by molar-refractivity contribution is 5.58. The first-order valence-corrected chi connectivity index (χ1v) is 7.04. The fourth-order valence-electron chi connectivity index (χ4n) is 1.70. The third kappa shape index (κ3) is 5.44. The third-order valence-electron chi connectivity index (χ3n) is 2.68. The molecule has 0 aliphatic heterocycles. The van der Waals surface area contributed by atoms with E-state index in [9.17, 15) is 10.1 Å². The number of rotatable bonds is 10. The van der Waals surface area contributed by atoms with Gasteiger partial charge < -0.3 is 15.4 Å². The summed E-state index contributed by atoms with van der Waals surface area (Å²) in [6.07, 6.45) is 1.92. The highest BCUT2D eigenvalue weighted by atomic mass is 16.6. The highest BCUT2D eigenvalue weighted by Gasteiger charge is 2.15. The number of nitrogens with zero attached hydrogens (tertiary/aromatic N) is 1.